The van der Waals surface area contributed by atoms with E-state index in [1.807, 2.05) is 13.8 Å². The molecule has 112 valence electrons. The number of ketones is 2. The Kier molecular flexibility index (Phi) is 4.73. The van der Waals surface area contributed by atoms with Gasteiger partial charge in [0.2, 0.25) is 17.7 Å². The predicted molar refractivity (Wildman–Crippen MR) is 75.7 cm³/mol. The van der Waals surface area contributed by atoms with Crippen molar-refractivity contribution in [2.24, 2.45) is 0 Å². The maximum atomic E-state index is 12.4. The van der Waals surface area contributed by atoms with Gasteiger partial charge in [0.1, 0.15) is 5.75 Å². The summed E-state index contributed by atoms with van der Waals surface area (Å²) >= 11 is 0. The molecular formula is C16H18O5. The summed E-state index contributed by atoms with van der Waals surface area (Å²) in [5.41, 5.74) is 0.494. The fraction of sp³-hybridized carbons (Fsp3) is 0.438. The van der Waals surface area contributed by atoms with Gasteiger partial charge in [-0.3, -0.25) is 14.4 Å². The van der Waals surface area contributed by atoms with Crippen molar-refractivity contribution in [2.75, 3.05) is 6.61 Å². The lowest BCUT2D eigenvalue weighted by Crippen LogP contribution is -2.28. The van der Waals surface area contributed by atoms with Crippen molar-refractivity contribution in [2.45, 2.75) is 39.2 Å². The van der Waals surface area contributed by atoms with Crippen LogP contribution in [-0.2, 0) is 9.53 Å². The van der Waals surface area contributed by atoms with Gasteiger partial charge in [0.25, 0.3) is 0 Å². The highest BCUT2D eigenvalue weighted by Crippen LogP contribution is 2.32. The van der Waals surface area contributed by atoms with Gasteiger partial charge in [0.05, 0.1) is 12.2 Å². The van der Waals surface area contributed by atoms with Gasteiger partial charge < -0.3 is 9.47 Å². The van der Waals surface area contributed by atoms with Crippen LogP contribution in [0.4, 0.5) is 0 Å². The number of carbonyl (C=O) groups excluding carboxylic acids is 3. The largest absolute Gasteiger partial charge is 0.493 e. The molecule has 0 saturated carbocycles. The number of benzene rings is 1. The van der Waals surface area contributed by atoms with Gasteiger partial charge in [-0.2, -0.15) is 0 Å². The van der Waals surface area contributed by atoms with Crippen LogP contribution in [0.3, 0.4) is 0 Å². The molecule has 0 aromatic heterocycles. The minimum absolute atomic E-state index is 0.187. The van der Waals surface area contributed by atoms with E-state index in [0.29, 0.717) is 18.8 Å². The molecule has 5 nitrogen and oxygen atoms in total. The minimum Gasteiger partial charge on any atom is -0.493 e. The smallest absolute Gasteiger partial charge is 0.306 e. The Hall–Kier alpha value is -2.17. The first-order valence-electron chi connectivity index (χ1n) is 7.13. The number of esters is 1. The second kappa shape index (κ2) is 6.52. The van der Waals surface area contributed by atoms with Gasteiger partial charge in [-0.05, 0) is 18.9 Å². The summed E-state index contributed by atoms with van der Waals surface area (Å²) in [4.78, 5) is 36.1. The first-order chi connectivity index (χ1) is 10.1. The average Bonchev–Trinajstić information content (AvgIpc) is 2.71. The van der Waals surface area contributed by atoms with Gasteiger partial charge in [0.15, 0.2) is 0 Å². The number of rotatable bonds is 6. The number of ether oxygens (including phenoxy) is 2. The van der Waals surface area contributed by atoms with E-state index in [1.165, 1.54) is 0 Å². The number of hydrogen-bond donors (Lipinski definition) is 0. The van der Waals surface area contributed by atoms with E-state index in [9.17, 15) is 14.4 Å². The third-order valence-corrected chi connectivity index (χ3v) is 3.18. The third-order valence-electron chi connectivity index (χ3n) is 3.18. The van der Waals surface area contributed by atoms with E-state index < -0.39 is 23.6 Å². The van der Waals surface area contributed by atoms with Crippen molar-refractivity contribution in [1.82, 2.24) is 0 Å². The van der Waals surface area contributed by atoms with E-state index in [0.717, 1.165) is 6.42 Å². The molecular weight excluding hydrogens is 272 g/mol. The first kappa shape index (κ1) is 15.2. The highest BCUT2D eigenvalue weighted by molar-refractivity contribution is 6.30. The van der Waals surface area contributed by atoms with Crippen LogP contribution in [0.5, 0.6) is 5.75 Å². The molecule has 0 radical (unpaired) electrons. The molecule has 1 unspecified atom stereocenters. The fourth-order valence-corrected chi connectivity index (χ4v) is 2.22. The molecule has 1 atom stereocenters. The molecule has 0 fully saturated rings. The zero-order chi connectivity index (χ0) is 15.4. The van der Waals surface area contributed by atoms with Crippen molar-refractivity contribution in [3.05, 3.63) is 29.3 Å². The lowest BCUT2D eigenvalue weighted by Gasteiger charge is -2.09. The Labute approximate surface area is 123 Å². The SMILES string of the molecule is CCCOc1cccc2c1C(=O)C(OC(=O)CCC)C2=O. The molecule has 0 aliphatic heterocycles. The van der Waals surface area contributed by atoms with Crippen LogP contribution in [0.2, 0.25) is 0 Å². The minimum atomic E-state index is -1.36. The fourth-order valence-electron chi connectivity index (χ4n) is 2.22. The Morgan fingerprint density at radius 3 is 2.57 bits per heavy atom. The third kappa shape index (κ3) is 2.96. The van der Waals surface area contributed by atoms with Crippen LogP contribution in [0.25, 0.3) is 0 Å². The monoisotopic (exact) mass is 290 g/mol. The van der Waals surface area contributed by atoms with Gasteiger partial charge in [-0.25, -0.2) is 0 Å². The Morgan fingerprint density at radius 2 is 1.90 bits per heavy atom. The van der Waals surface area contributed by atoms with Crippen LogP contribution in [0.15, 0.2) is 18.2 Å². The molecule has 0 heterocycles. The number of hydrogen-bond acceptors (Lipinski definition) is 5. The number of Topliss-reactive ketones (excluding diaryl/α,β-unsaturated/α-hetero) is 2. The van der Waals surface area contributed by atoms with Crippen LogP contribution in [-0.4, -0.2) is 30.2 Å². The van der Waals surface area contributed by atoms with Crippen molar-refractivity contribution >= 4 is 17.5 Å². The van der Waals surface area contributed by atoms with Crippen molar-refractivity contribution in [3.63, 3.8) is 0 Å². The summed E-state index contributed by atoms with van der Waals surface area (Å²) < 4.78 is 10.5. The lowest BCUT2D eigenvalue weighted by molar-refractivity contribution is -0.145. The van der Waals surface area contributed by atoms with Gasteiger partial charge in [-0.15, -0.1) is 0 Å². The van der Waals surface area contributed by atoms with Crippen LogP contribution >= 0.6 is 0 Å². The molecule has 0 N–H and O–H groups in total. The van der Waals surface area contributed by atoms with Gasteiger partial charge in [0, 0.05) is 12.0 Å². The Bertz CT molecular complexity index is 576. The van der Waals surface area contributed by atoms with Gasteiger partial charge >= 0.3 is 5.97 Å². The van der Waals surface area contributed by atoms with Crippen LogP contribution < -0.4 is 4.74 Å². The molecule has 1 aromatic carbocycles. The molecule has 2 rings (SSSR count). The Morgan fingerprint density at radius 1 is 1.14 bits per heavy atom. The topological polar surface area (TPSA) is 69.7 Å². The molecule has 5 heteroatoms. The average molecular weight is 290 g/mol. The van der Waals surface area contributed by atoms with E-state index in [4.69, 9.17) is 9.47 Å². The lowest BCUT2D eigenvalue weighted by atomic mass is 10.1. The highest BCUT2D eigenvalue weighted by Gasteiger charge is 2.43. The van der Waals surface area contributed by atoms with E-state index in [1.54, 1.807) is 18.2 Å². The summed E-state index contributed by atoms with van der Waals surface area (Å²) in [6.45, 7) is 4.23. The second-order valence-corrected chi connectivity index (χ2v) is 4.88. The molecule has 1 aliphatic rings. The summed E-state index contributed by atoms with van der Waals surface area (Å²) in [5, 5.41) is 0. The number of carbonyl (C=O) groups is 3. The maximum Gasteiger partial charge on any atom is 0.306 e. The summed E-state index contributed by atoms with van der Waals surface area (Å²) in [6, 6.07) is 4.86. The number of fused-ring (bicyclic) bond motifs is 1. The molecule has 0 amide bonds. The summed E-state index contributed by atoms with van der Waals surface area (Å²) in [5.74, 6) is -1.12. The van der Waals surface area contributed by atoms with E-state index in [2.05, 4.69) is 0 Å². The molecule has 0 spiro atoms. The van der Waals surface area contributed by atoms with Crippen LogP contribution in [0, 0.1) is 0 Å². The Balaban J connectivity index is 2.27. The zero-order valence-electron chi connectivity index (χ0n) is 12.2. The van der Waals surface area contributed by atoms with Crippen LogP contribution in [0.1, 0.15) is 53.8 Å². The molecule has 1 aliphatic carbocycles. The van der Waals surface area contributed by atoms with Gasteiger partial charge in [-0.1, -0.05) is 26.0 Å². The quantitative estimate of drug-likeness (QED) is 0.595. The second-order valence-electron chi connectivity index (χ2n) is 4.88. The van der Waals surface area contributed by atoms with E-state index in [-0.39, 0.29) is 17.5 Å². The molecule has 0 saturated heterocycles. The predicted octanol–water partition coefficient (Wildman–Crippen LogP) is 2.57. The first-order valence-corrected chi connectivity index (χ1v) is 7.13. The van der Waals surface area contributed by atoms with Crippen molar-refractivity contribution in [1.29, 1.82) is 0 Å². The summed E-state index contributed by atoms with van der Waals surface area (Å²) in [7, 11) is 0. The van der Waals surface area contributed by atoms with Crippen molar-refractivity contribution in [3.8, 4) is 5.75 Å². The normalized spacial score (nSPS) is 16.8. The van der Waals surface area contributed by atoms with E-state index >= 15 is 0 Å². The molecule has 21 heavy (non-hydrogen) atoms. The molecule has 0 bridgehead atoms. The maximum absolute atomic E-state index is 12.4. The highest BCUT2D eigenvalue weighted by atomic mass is 16.6. The van der Waals surface area contributed by atoms with Crippen molar-refractivity contribution < 1.29 is 23.9 Å². The zero-order valence-corrected chi connectivity index (χ0v) is 12.2. The summed E-state index contributed by atoms with van der Waals surface area (Å²) in [6.07, 6.45) is 0.226. The standard InChI is InChI=1S/C16H18O5/c1-3-6-12(17)21-16-14(18)10-7-5-8-11(20-9-4-2)13(10)15(16)19/h5,7-8,16H,3-4,6,9H2,1-2H3. The molecule has 1 aromatic rings.